The Labute approximate surface area is 249 Å². The molecule has 0 aromatic heterocycles. The smallest absolute Gasteiger partial charge is 0.351 e. The zero-order valence-electron chi connectivity index (χ0n) is 23.6. The van der Waals surface area contributed by atoms with Crippen molar-refractivity contribution in [3.8, 4) is 0 Å². The summed E-state index contributed by atoms with van der Waals surface area (Å²) in [6.45, 7) is 5.19. The van der Waals surface area contributed by atoms with Gasteiger partial charge >= 0.3 is 6.18 Å². The third-order valence-electron chi connectivity index (χ3n) is 7.95. The number of alkyl halides is 4. The van der Waals surface area contributed by atoms with E-state index >= 15 is 0 Å². The van der Waals surface area contributed by atoms with Gasteiger partial charge in [0.25, 0.3) is 5.91 Å². The van der Waals surface area contributed by atoms with Crippen molar-refractivity contribution in [3.63, 3.8) is 0 Å². The molecule has 4 atom stereocenters. The molecule has 234 valence electrons. The number of carbonyl (C=O) groups excluding carboxylic acids is 2. The molecular formula is C30H36F4N4O4S. The van der Waals surface area contributed by atoms with E-state index in [1.807, 2.05) is 0 Å². The van der Waals surface area contributed by atoms with Crippen LogP contribution in [-0.2, 0) is 27.5 Å². The van der Waals surface area contributed by atoms with Gasteiger partial charge in [-0.2, -0.15) is 13.2 Å². The van der Waals surface area contributed by atoms with Crippen LogP contribution in [0.1, 0.15) is 52.2 Å². The van der Waals surface area contributed by atoms with Crippen molar-refractivity contribution in [1.82, 2.24) is 20.3 Å². The zero-order chi connectivity index (χ0) is 31.2. The number of piperidine rings is 1. The van der Waals surface area contributed by atoms with Crippen LogP contribution >= 0.6 is 0 Å². The average molecular weight is 625 g/mol. The first-order valence-corrected chi connectivity index (χ1v) is 15.7. The van der Waals surface area contributed by atoms with E-state index in [9.17, 15) is 35.6 Å². The van der Waals surface area contributed by atoms with Gasteiger partial charge in [-0.25, -0.2) is 17.5 Å². The largest absolute Gasteiger partial charge is 0.416 e. The third-order valence-corrected chi connectivity index (χ3v) is 8.96. The molecule has 2 saturated heterocycles. The standard InChI is InChI=1S/C30H36F4N4O4S/c1-2-43(41,42)37-17-21-11-12-38(19-21)29(40)24-7-5-23(6-8-24)27(14-22-13-26(31)18-35-15-22)28(39)36-16-20-3-9-25(10-4-20)30(32,33)34/h2-10,21-22,26-27,35,37H,1,11-19H2,(H,36,39). The van der Waals surface area contributed by atoms with Crippen LogP contribution in [0.3, 0.4) is 0 Å². The normalized spacial score (nSPS) is 21.8. The summed E-state index contributed by atoms with van der Waals surface area (Å²) in [6, 6.07) is 11.2. The van der Waals surface area contributed by atoms with E-state index in [0.29, 0.717) is 55.6 Å². The van der Waals surface area contributed by atoms with E-state index in [-0.39, 0.29) is 43.3 Å². The molecule has 0 spiro atoms. The number of hydrogen-bond acceptors (Lipinski definition) is 5. The Bertz CT molecular complexity index is 1380. The van der Waals surface area contributed by atoms with Gasteiger partial charge in [0.1, 0.15) is 6.17 Å². The highest BCUT2D eigenvalue weighted by molar-refractivity contribution is 7.92. The van der Waals surface area contributed by atoms with Gasteiger partial charge in [-0.1, -0.05) is 30.8 Å². The van der Waals surface area contributed by atoms with E-state index in [2.05, 4.69) is 21.9 Å². The molecule has 2 amide bonds. The molecule has 2 fully saturated rings. The molecule has 0 bridgehead atoms. The van der Waals surface area contributed by atoms with Crippen molar-refractivity contribution in [3.05, 3.63) is 82.8 Å². The minimum atomic E-state index is -4.45. The van der Waals surface area contributed by atoms with Crippen LogP contribution in [0.15, 0.2) is 60.5 Å². The quantitative estimate of drug-likeness (QED) is 0.328. The molecule has 2 heterocycles. The number of carbonyl (C=O) groups is 2. The highest BCUT2D eigenvalue weighted by Crippen LogP contribution is 2.31. The van der Waals surface area contributed by atoms with Crippen molar-refractivity contribution in [2.24, 2.45) is 11.8 Å². The number of benzene rings is 2. The highest BCUT2D eigenvalue weighted by Gasteiger charge is 2.32. The summed E-state index contributed by atoms with van der Waals surface area (Å²) in [7, 11) is -3.55. The summed E-state index contributed by atoms with van der Waals surface area (Å²) in [4.78, 5) is 28.2. The summed E-state index contributed by atoms with van der Waals surface area (Å²) in [5.74, 6) is -1.35. The molecule has 8 nitrogen and oxygen atoms in total. The lowest BCUT2D eigenvalue weighted by Gasteiger charge is -2.29. The average Bonchev–Trinajstić information content (AvgIpc) is 3.46. The van der Waals surface area contributed by atoms with Crippen molar-refractivity contribution in [2.45, 2.75) is 44.1 Å². The van der Waals surface area contributed by atoms with E-state index in [1.165, 1.54) is 12.1 Å². The maximum atomic E-state index is 14.1. The number of nitrogens with zero attached hydrogens (tertiary/aromatic N) is 1. The summed E-state index contributed by atoms with van der Waals surface area (Å²) in [5, 5.41) is 6.69. The molecule has 0 saturated carbocycles. The second kappa shape index (κ2) is 14.0. The Morgan fingerprint density at radius 2 is 1.77 bits per heavy atom. The molecule has 3 N–H and O–H groups in total. The number of nitrogens with one attached hydrogen (secondary N) is 3. The van der Waals surface area contributed by atoms with Crippen LogP contribution in [0, 0.1) is 11.8 Å². The Morgan fingerprint density at radius 3 is 2.40 bits per heavy atom. The molecule has 4 rings (SSSR count). The molecule has 2 aromatic carbocycles. The van der Waals surface area contributed by atoms with Crippen molar-refractivity contribution in [1.29, 1.82) is 0 Å². The number of hydrogen-bond donors (Lipinski definition) is 3. The van der Waals surface area contributed by atoms with Gasteiger partial charge in [0.15, 0.2) is 0 Å². The van der Waals surface area contributed by atoms with Crippen molar-refractivity contribution < 1.29 is 35.6 Å². The molecule has 43 heavy (non-hydrogen) atoms. The summed E-state index contributed by atoms with van der Waals surface area (Å²) in [5.41, 5.74) is 0.788. The Hall–Kier alpha value is -3.29. The first-order valence-electron chi connectivity index (χ1n) is 14.1. The second-order valence-electron chi connectivity index (χ2n) is 11.1. The van der Waals surface area contributed by atoms with Gasteiger partial charge in [0.2, 0.25) is 15.9 Å². The van der Waals surface area contributed by atoms with Gasteiger partial charge in [-0.3, -0.25) is 9.59 Å². The summed E-state index contributed by atoms with van der Waals surface area (Å²) in [6.07, 6.45) is -4.16. The van der Waals surface area contributed by atoms with Gasteiger partial charge in [-0.05, 0) is 73.0 Å². The molecule has 2 aliphatic rings. The van der Waals surface area contributed by atoms with Crippen LogP contribution in [0.25, 0.3) is 0 Å². The fraction of sp³-hybridized carbons (Fsp3) is 0.467. The maximum absolute atomic E-state index is 14.1. The molecule has 0 radical (unpaired) electrons. The molecule has 2 aliphatic heterocycles. The summed E-state index contributed by atoms with van der Waals surface area (Å²) < 4.78 is 78.5. The first-order chi connectivity index (χ1) is 20.3. The van der Waals surface area contributed by atoms with Crippen LogP contribution in [0.5, 0.6) is 0 Å². The van der Waals surface area contributed by atoms with Crippen molar-refractivity contribution >= 4 is 21.8 Å². The topological polar surface area (TPSA) is 108 Å². The van der Waals surface area contributed by atoms with E-state index in [1.54, 1.807) is 29.2 Å². The van der Waals surface area contributed by atoms with E-state index in [0.717, 1.165) is 17.5 Å². The molecule has 2 aromatic rings. The Morgan fingerprint density at radius 1 is 1.07 bits per heavy atom. The van der Waals surface area contributed by atoms with Gasteiger partial charge in [0.05, 0.1) is 11.5 Å². The molecule has 4 unspecified atom stereocenters. The summed E-state index contributed by atoms with van der Waals surface area (Å²) >= 11 is 0. The molecule has 13 heteroatoms. The third kappa shape index (κ3) is 9.10. The SMILES string of the molecule is C=CS(=O)(=O)NCC1CCN(C(=O)c2ccc(C(CC3CNCC(F)C3)C(=O)NCc3ccc(C(F)(F)F)cc3)cc2)C1. The predicted molar refractivity (Wildman–Crippen MR) is 154 cm³/mol. The number of amides is 2. The fourth-order valence-electron chi connectivity index (χ4n) is 5.52. The van der Waals surface area contributed by atoms with E-state index < -0.39 is 33.9 Å². The predicted octanol–water partition coefficient (Wildman–Crippen LogP) is 3.97. The van der Waals surface area contributed by atoms with Crippen molar-refractivity contribution in [2.75, 3.05) is 32.7 Å². The van der Waals surface area contributed by atoms with Crippen LogP contribution in [0.4, 0.5) is 17.6 Å². The first kappa shape index (κ1) is 32.6. The lowest BCUT2D eigenvalue weighted by Crippen LogP contribution is -2.39. The number of rotatable bonds is 11. The maximum Gasteiger partial charge on any atom is 0.416 e. The van der Waals surface area contributed by atoms with E-state index in [4.69, 9.17) is 0 Å². The Kier molecular flexibility index (Phi) is 10.6. The van der Waals surface area contributed by atoms with Crippen LogP contribution in [0.2, 0.25) is 0 Å². The van der Waals surface area contributed by atoms with Crippen LogP contribution < -0.4 is 15.4 Å². The monoisotopic (exact) mass is 624 g/mol. The zero-order valence-corrected chi connectivity index (χ0v) is 24.4. The lowest BCUT2D eigenvalue weighted by molar-refractivity contribution is -0.137. The minimum absolute atomic E-state index is 0.0256. The second-order valence-corrected chi connectivity index (χ2v) is 12.9. The Balaban J connectivity index is 1.42. The van der Waals surface area contributed by atoms with Crippen LogP contribution in [-0.4, -0.2) is 64.0 Å². The molecular weight excluding hydrogens is 588 g/mol. The lowest BCUT2D eigenvalue weighted by atomic mass is 9.84. The minimum Gasteiger partial charge on any atom is -0.351 e. The van der Waals surface area contributed by atoms with Gasteiger partial charge in [0, 0.05) is 43.7 Å². The highest BCUT2D eigenvalue weighted by atomic mass is 32.2. The fourth-order valence-corrected chi connectivity index (χ4v) is 6.11. The molecule has 0 aliphatic carbocycles. The van der Waals surface area contributed by atoms with Gasteiger partial charge in [-0.15, -0.1) is 0 Å². The number of likely N-dealkylation sites (tertiary alicyclic amines) is 1. The number of sulfonamides is 1. The van der Waals surface area contributed by atoms with Gasteiger partial charge < -0.3 is 15.5 Å². The number of halogens is 4.